The molecule has 0 aliphatic carbocycles. The van der Waals surface area contributed by atoms with Gasteiger partial charge in [0.05, 0.1) is 0 Å². The molecule has 2 heterocycles. The van der Waals surface area contributed by atoms with Gasteiger partial charge in [-0.25, -0.2) is 0 Å². The number of likely N-dealkylation sites (N-methyl/N-ethyl adjacent to an activating group) is 1. The molecule has 1 aliphatic rings. The molecule has 3 heteroatoms. The molecule has 1 fully saturated rings. The van der Waals surface area contributed by atoms with Crippen molar-refractivity contribution in [3.05, 3.63) is 22.4 Å². The molecule has 1 aliphatic heterocycles. The summed E-state index contributed by atoms with van der Waals surface area (Å²) in [6.45, 7) is 8.12. The number of thiophene rings is 1. The van der Waals surface area contributed by atoms with Crippen LogP contribution in [0.1, 0.15) is 44.7 Å². The summed E-state index contributed by atoms with van der Waals surface area (Å²) in [6.07, 6.45) is 4.08. The average Bonchev–Trinajstić information content (AvgIpc) is 2.90. The molecule has 0 amide bonds. The number of hydrogen-bond donors (Lipinski definition) is 1. The molecule has 0 spiro atoms. The number of nitrogens with zero attached hydrogens (tertiary/aromatic N) is 1. The summed E-state index contributed by atoms with van der Waals surface area (Å²) in [6, 6.07) is 3.51. The van der Waals surface area contributed by atoms with E-state index in [1.54, 1.807) is 11.3 Å². The van der Waals surface area contributed by atoms with E-state index < -0.39 is 0 Å². The number of nitrogens with one attached hydrogen (secondary N) is 1. The van der Waals surface area contributed by atoms with Crippen molar-refractivity contribution < 1.29 is 0 Å². The van der Waals surface area contributed by atoms with Crippen LogP contribution in [0.15, 0.2) is 16.8 Å². The van der Waals surface area contributed by atoms with Gasteiger partial charge in [0.25, 0.3) is 0 Å². The van der Waals surface area contributed by atoms with Crippen molar-refractivity contribution >= 4 is 11.3 Å². The Morgan fingerprint density at radius 3 is 3.00 bits per heavy atom. The van der Waals surface area contributed by atoms with Gasteiger partial charge in [0.2, 0.25) is 0 Å². The molecule has 0 bridgehead atoms. The Morgan fingerprint density at radius 2 is 2.41 bits per heavy atom. The minimum atomic E-state index is 0.551. The van der Waals surface area contributed by atoms with Crippen molar-refractivity contribution in [3.63, 3.8) is 0 Å². The van der Waals surface area contributed by atoms with E-state index in [0.717, 1.165) is 6.54 Å². The molecule has 1 aromatic rings. The van der Waals surface area contributed by atoms with Crippen molar-refractivity contribution in [2.24, 2.45) is 0 Å². The Balaban J connectivity index is 1.91. The standard InChI is InChI=1S/C14H24N2S/c1-3-16(10-14-6-4-5-8-15-14)12(2)13-7-9-17-11-13/h7,9,11-12,14-15H,3-6,8,10H2,1-2H3. The first-order valence-electron chi connectivity index (χ1n) is 6.80. The summed E-state index contributed by atoms with van der Waals surface area (Å²) in [7, 11) is 0. The van der Waals surface area contributed by atoms with E-state index >= 15 is 0 Å². The van der Waals surface area contributed by atoms with E-state index in [-0.39, 0.29) is 0 Å². The highest BCUT2D eigenvalue weighted by Crippen LogP contribution is 2.23. The third-order valence-corrected chi connectivity index (χ3v) is 4.55. The van der Waals surface area contributed by atoms with Crippen LogP contribution in [0, 0.1) is 0 Å². The minimum absolute atomic E-state index is 0.551. The highest BCUT2D eigenvalue weighted by molar-refractivity contribution is 7.07. The molecule has 0 radical (unpaired) electrons. The van der Waals surface area contributed by atoms with Gasteiger partial charge in [-0.05, 0) is 55.2 Å². The molecule has 0 saturated carbocycles. The van der Waals surface area contributed by atoms with Gasteiger partial charge in [-0.2, -0.15) is 11.3 Å². The molecule has 1 aromatic heterocycles. The molecule has 1 N–H and O–H groups in total. The van der Waals surface area contributed by atoms with Crippen LogP contribution in [0.2, 0.25) is 0 Å². The molecule has 2 rings (SSSR count). The minimum Gasteiger partial charge on any atom is -0.313 e. The van der Waals surface area contributed by atoms with Crippen LogP contribution < -0.4 is 5.32 Å². The monoisotopic (exact) mass is 252 g/mol. The summed E-state index contributed by atoms with van der Waals surface area (Å²) in [5, 5.41) is 8.10. The van der Waals surface area contributed by atoms with Crippen molar-refractivity contribution in [1.82, 2.24) is 10.2 Å². The van der Waals surface area contributed by atoms with E-state index in [0.29, 0.717) is 12.1 Å². The number of hydrogen-bond acceptors (Lipinski definition) is 3. The van der Waals surface area contributed by atoms with Crippen LogP contribution in [-0.2, 0) is 0 Å². The number of piperidine rings is 1. The van der Waals surface area contributed by atoms with Crippen molar-refractivity contribution in [3.8, 4) is 0 Å². The topological polar surface area (TPSA) is 15.3 Å². The van der Waals surface area contributed by atoms with Crippen LogP contribution in [0.4, 0.5) is 0 Å². The van der Waals surface area contributed by atoms with E-state index in [1.807, 2.05) is 0 Å². The van der Waals surface area contributed by atoms with Gasteiger partial charge in [0.1, 0.15) is 0 Å². The van der Waals surface area contributed by atoms with E-state index in [2.05, 4.69) is 40.9 Å². The first-order chi connectivity index (χ1) is 8.31. The van der Waals surface area contributed by atoms with Crippen molar-refractivity contribution in [2.45, 2.75) is 45.2 Å². The summed E-state index contributed by atoms with van der Waals surface area (Å²) in [5.41, 5.74) is 1.47. The normalized spacial score (nSPS) is 22.9. The molecule has 1 saturated heterocycles. The highest BCUT2D eigenvalue weighted by Gasteiger charge is 2.20. The largest absolute Gasteiger partial charge is 0.313 e. The smallest absolute Gasteiger partial charge is 0.0328 e. The third kappa shape index (κ3) is 3.54. The lowest BCUT2D eigenvalue weighted by molar-refractivity contribution is 0.185. The first kappa shape index (κ1) is 13.1. The van der Waals surface area contributed by atoms with E-state index in [1.165, 1.54) is 37.9 Å². The summed E-state index contributed by atoms with van der Waals surface area (Å²) >= 11 is 1.80. The van der Waals surface area contributed by atoms with Gasteiger partial charge in [-0.15, -0.1) is 0 Å². The first-order valence-corrected chi connectivity index (χ1v) is 7.75. The summed E-state index contributed by atoms with van der Waals surface area (Å²) < 4.78 is 0. The molecule has 17 heavy (non-hydrogen) atoms. The zero-order valence-electron chi connectivity index (χ0n) is 11.0. The zero-order chi connectivity index (χ0) is 12.1. The van der Waals surface area contributed by atoms with Crippen molar-refractivity contribution in [1.29, 1.82) is 0 Å². The maximum atomic E-state index is 3.64. The van der Waals surface area contributed by atoms with Crippen LogP contribution >= 0.6 is 11.3 Å². The summed E-state index contributed by atoms with van der Waals surface area (Å²) in [5.74, 6) is 0. The quantitative estimate of drug-likeness (QED) is 0.865. The van der Waals surface area contributed by atoms with Gasteiger partial charge in [-0.1, -0.05) is 13.3 Å². The molecule has 2 unspecified atom stereocenters. The van der Waals surface area contributed by atoms with Gasteiger partial charge in [-0.3, -0.25) is 4.90 Å². The SMILES string of the molecule is CCN(CC1CCCCN1)C(C)c1ccsc1. The molecule has 96 valence electrons. The Bertz CT molecular complexity index is 304. The fourth-order valence-electron chi connectivity index (χ4n) is 2.65. The highest BCUT2D eigenvalue weighted by atomic mass is 32.1. The predicted octanol–water partition coefficient (Wildman–Crippen LogP) is 3.27. The molecule has 2 atom stereocenters. The van der Waals surface area contributed by atoms with Crippen LogP contribution in [-0.4, -0.2) is 30.6 Å². The van der Waals surface area contributed by atoms with Gasteiger partial charge >= 0.3 is 0 Å². The van der Waals surface area contributed by atoms with Gasteiger partial charge in [0, 0.05) is 18.6 Å². The molecular formula is C14H24N2S. The van der Waals surface area contributed by atoms with E-state index in [9.17, 15) is 0 Å². The Labute approximate surface area is 109 Å². The maximum absolute atomic E-state index is 3.64. The lowest BCUT2D eigenvalue weighted by Crippen LogP contribution is -2.44. The Kier molecular flexibility index (Phi) is 5.01. The van der Waals surface area contributed by atoms with Crippen LogP contribution in [0.5, 0.6) is 0 Å². The van der Waals surface area contributed by atoms with Gasteiger partial charge in [0.15, 0.2) is 0 Å². The predicted molar refractivity (Wildman–Crippen MR) is 75.6 cm³/mol. The molecule has 2 nitrogen and oxygen atoms in total. The zero-order valence-corrected chi connectivity index (χ0v) is 11.8. The second kappa shape index (κ2) is 6.53. The lowest BCUT2D eigenvalue weighted by atomic mass is 10.0. The van der Waals surface area contributed by atoms with Crippen molar-refractivity contribution in [2.75, 3.05) is 19.6 Å². The second-order valence-corrected chi connectivity index (χ2v) is 5.75. The van der Waals surface area contributed by atoms with Gasteiger partial charge < -0.3 is 5.32 Å². The third-order valence-electron chi connectivity index (χ3n) is 3.85. The molecular weight excluding hydrogens is 228 g/mol. The maximum Gasteiger partial charge on any atom is 0.0328 e. The summed E-state index contributed by atoms with van der Waals surface area (Å²) in [4.78, 5) is 2.59. The lowest BCUT2D eigenvalue weighted by Gasteiger charge is -2.33. The Morgan fingerprint density at radius 1 is 1.53 bits per heavy atom. The Hall–Kier alpha value is -0.380. The van der Waals surface area contributed by atoms with Crippen LogP contribution in [0.3, 0.4) is 0 Å². The van der Waals surface area contributed by atoms with Crippen LogP contribution in [0.25, 0.3) is 0 Å². The van der Waals surface area contributed by atoms with E-state index in [4.69, 9.17) is 0 Å². The fourth-order valence-corrected chi connectivity index (χ4v) is 3.39. The number of rotatable bonds is 5. The molecule has 0 aromatic carbocycles. The average molecular weight is 252 g/mol. The fraction of sp³-hybridized carbons (Fsp3) is 0.714. The second-order valence-electron chi connectivity index (χ2n) is 4.97.